The van der Waals surface area contributed by atoms with Gasteiger partial charge in [-0.3, -0.25) is 4.90 Å². The first-order chi connectivity index (χ1) is 9.54. The van der Waals surface area contributed by atoms with E-state index < -0.39 is 0 Å². The van der Waals surface area contributed by atoms with Crippen molar-refractivity contribution < 1.29 is 4.74 Å². The zero-order chi connectivity index (χ0) is 14.6. The highest BCUT2D eigenvalue weighted by Crippen LogP contribution is 2.32. The zero-order valence-corrected chi connectivity index (χ0v) is 13.3. The van der Waals surface area contributed by atoms with Gasteiger partial charge < -0.3 is 10.1 Å². The molecular formula is C17H28N2O. The maximum absolute atomic E-state index is 5.29. The molecule has 1 heterocycles. The summed E-state index contributed by atoms with van der Waals surface area (Å²) in [4.78, 5) is 2.58. The molecule has 0 aliphatic carbocycles. The van der Waals surface area contributed by atoms with Gasteiger partial charge >= 0.3 is 0 Å². The fraction of sp³-hybridized carbons (Fsp3) is 0.647. The highest BCUT2D eigenvalue weighted by molar-refractivity contribution is 5.25. The van der Waals surface area contributed by atoms with Crippen LogP contribution in [0, 0.1) is 0 Å². The van der Waals surface area contributed by atoms with Crippen molar-refractivity contribution in [3.63, 3.8) is 0 Å². The Bertz CT molecular complexity index is 422. The molecule has 0 amide bonds. The third-order valence-electron chi connectivity index (χ3n) is 4.87. The van der Waals surface area contributed by atoms with E-state index in [0.717, 1.165) is 32.7 Å². The molecule has 0 spiro atoms. The van der Waals surface area contributed by atoms with E-state index in [2.05, 4.69) is 61.3 Å². The second kappa shape index (κ2) is 6.25. The molecule has 1 aliphatic rings. The first-order valence-corrected chi connectivity index (χ1v) is 7.58. The van der Waals surface area contributed by atoms with Crippen LogP contribution in [0.3, 0.4) is 0 Å². The van der Waals surface area contributed by atoms with Gasteiger partial charge in [-0.25, -0.2) is 0 Å². The number of nitrogens with one attached hydrogen (secondary N) is 1. The van der Waals surface area contributed by atoms with E-state index in [1.54, 1.807) is 7.11 Å². The molecule has 1 aliphatic heterocycles. The molecule has 2 rings (SSSR count). The van der Waals surface area contributed by atoms with Gasteiger partial charge in [0.1, 0.15) is 0 Å². The van der Waals surface area contributed by atoms with Gasteiger partial charge in [0.25, 0.3) is 0 Å². The molecule has 0 saturated carbocycles. The summed E-state index contributed by atoms with van der Waals surface area (Å²) in [5.41, 5.74) is 1.59. The van der Waals surface area contributed by atoms with Gasteiger partial charge in [0.2, 0.25) is 0 Å². The SMILES string of the molecule is CCC1(C)CNC(C)(c2ccccc2)CN1CCOC. The minimum Gasteiger partial charge on any atom is -0.383 e. The van der Waals surface area contributed by atoms with Crippen molar-refractivity contribution in [1.82, 2.24) is 10.2 Å². The first kappa shape index (κ1) is 15.5. The number of hydrogen-bond acceptors (Lipinski definition) is 3. The van der Waals surface area contributed by atoms with Crippen molar-refractivity contribution in [3.8, 4) is 0 Å². The van der Waals surface area contributed by atoms with Crippen LogP contribution in [0.5, 0.6) is 0 Å². The Morgan fingerprint density at radius 2 is 1.95 bits per heavy atom. The number of piperazine rings is 1. The standard InChI is InChI=1S/C17H28N2O/c1-5-16(2)13-18-17(3,14-19(16)11-12-20-4)15-9-7-6-8-10-15/h6-10,18H,5,11-14H2,1-4H3. The molecule has 1 fully saturated rings. The Labute approximate surface area is 123 Å². The zero-order valence-electron chi connectivity index (χ0n) is 13.3. The molecule has 0 radical (unpaired) electrons. The fourth-order valence-corrected chi connectivity index (χ4v) is 3.02. The minimum absolute atomic E-state index is 0.0175. The summed E-state index contributed by atoms with van der Waals surface area (Å²) < 4.78 is 5.29. The summed E-state index contributed by atoms with van der Waals surface area (Å²) in [6, 6.07) is 10.8. The third-order valence-corrected chi connectivity index (χ3v) is 4.87. The highest BCUT2D eigenvalue weighted by Gasteiger charge is 2.42. The third kappa shape index (κ3) is 3.05. The first-order valence-electron chi connectivity index (χ1n) is 7.58. The summed E-state index contributed by atoms with van der Waals surface area (Å²) in [6.07, 6.45) is 1.15. The van der Waals surface area contributed by atoms with Crippen molar-refractivity contribution in [2.75, 3.05) is 33.4 Å². The van der Waals surface area contributed by atoms with Gasteiger partial charge in [-0.1, -0.05) is 37.3 Å². The van der Waals surface area contributed by atoms with Gasteiger partial charge in [0.05, 0.1) is 12.1 Å². The van der Waals surface area contributed by atoms with Crippen molar-refractivity contribution >= 4 is 0 Å². The van der Waals surface area contributed by atoms with Crippen LogP contribution in [-0.2, 0) is 10.3 Å². The predicted molar refractivity (Wildman–Crippen MR) is 83.9 cm³/mol. The quantitative estimate of drug-likeness (QED) is 0.895. The molecular weight excluding hydrogens is 248 g/mol. The lowest BCUT2D eigenvalue weighted by molar-refractivity contribution is 0.000349. The van der Waals surface area contributed by atoms with Crippen LogP contribution in [-0.4, -0.2) is 43.8 Å². The van der Waals surface area contributed by atoms with Gasteiger partial charge in [-0.2, -0.15) is 0 Å². The minimum atomic E-state index is 0.0175. The Morgan fingerprint density at radius 1 is 1.25 bits per heavy atom. The van der Waals surface area contributed by atoms with E-state index in [9.17, 15) is 0 Å². The molecule has 3 nitrogen and oxygen atoms in total. The molecule has 0 aromatic heterocycles. The Morgan fingerprint density at radius 3 is 2.55 bits per heavy atom. The monoisotopic (exact) mass is 276 g/mol. The van der Waals surface area contributed by atoms with E-state index in [0.29, 0.717) is 0 Å². The van der Waals surface area contributed by atoms with Gasteiger partial charge in [0.15, 0.2) is 0 Å². The summed E-state index contributed by atoms with van der Waals surface area (Å²) in [7, 11) is 1.78. The molecule has 1 saturated heterocycles. The molecule has 0 bridgehead atoms. The van der Waals surface area contributed by atoms with E-state index >= 15 is 0 Å². The maximum Gasteiger partial charge on any atom is 0.0589 e. The topological polar surface area (TPSA) is 24.5 Å². The van der Waals surface area contributed by atoms with Crippen LogP contribution in [0.15, 0.2) is 30.3 Å². The molecule has 112 valence electrons. The van der Waals surface area contributed by atoms with Crippen LogP contribution in [0.25, 0.3) is 0 Å². The van der Waals surface area contributed by atoms with Crippen LogP contribution in [0.2, 0.25) is 0 Å². The van der Waals surface area contributed by atoms with Crippen LogP contribution in [0.1, 0.15) is 32.8 Å². The molecule has 1 aromatic rings. The normalized spacial score (nSPS) is 31.4. The molecule has 20 heavy (non-hydrogen) atoms. The Kier molecular flexibility index (Phi) is 4.84. The molecule has 1 aromatic carbocycles. The molecule has 1 N–H and O–H groups in total. The number of rotatable bonds is 5. The lowest BCUT2D eigenvalue weighted by Crippen LogP contribution is -2.67. The summed E-state index contributed by atoms with van der Waals surface area (Å²) in [5, 5.41) is 3.78. The predicted octanol–water partition coefficient (Wildman–Crippen LogP) is 2.62. The number of hydrogen-bond donors (Lipinski definition) is 1. The largest absolute Gasteiger partial charge is 0.383 e. The van der Waals surface area contributed by atoms with Crippen molar-refractivity contribution in [2.45, 2.75) is 38.3 Å². The van der Waals surface area contributed by atoms with E-state index in [1.165, 1.54) is 5.56 Å². The number of methoxy groups -OCH3 is 1. The second-order valence-electron chi connectivity index (χ2n) is 6.32. The van der Waals surface area contributed by atoms with E-state index in [-0.39, 0.29) is 11.1 Å². The molecule has 3 heteroatoms. The average molecular weight is 276 g/mol. The lowest BCUT2D eigenvalue weighted by atomic mass is 9.83. The van der Waals surface area contributed by atoms with E-state index in [4.69, 9.17) is 4.74 Å². The summed E-state index contributed by atoms with van der Waals surface area (Å²) in [6.45, 7) is 10.7. The smallest absolute Gasteiger partial charge is 0.0589 e. The van der Waals surface area contributed by atoms with Crippen molar-refractivity contribution in [1.29, 1.82) is 0 Å². The number of ether oxygens (including phenoxy) is 1. The Balaban J connectivity index is 2.19. The van der Waals surface area contributed by atoms with E-state index in [1.807, 2.05) is 0 Å². The van der Waals surface area contributed by atoms with Crippen LogP contribution < -0.4 is 5.32 Å². The summed E-state index contributed by atoms with van der Waals surface area (Å²) in [5.74, 6) is 0. The van der Waals surface area contributed by atoms with Gasteiger partial charge in [-0.15, -0.1) is 0 Å². The van der Waals surface area contributed by atoms with Crippen LogP contribution in [0.4, 0.5) is 0 Å². The molecule has 2 atom stereocenters. The lowest BCUT2D eigenvalue weighted by Gasteiger charge is -2.52. The average Bonchev–Trinajstić information content (AvgIpc) is 2.49. The van der Waals surface area contributed by atoms with Crippen LogP contribution >= 0.6 is 0 Å². The van der Waals surface area contributed by atoms with Crippen molar-refractivity contribution in [3.05, 3.63) is 35.9 Å². The number of nitrogens with zero attached hydrogens (tertiary/aromatic N) is 1. The second-order valence-corrected chi connectivity index (χ2v) is 6.32. The summed E-state index contributed by atoms with van der Waals surface area (Å²) >= 11 is 0. The highest BCUT2D eigenvalue weighted by atomic mass is 16.5. The Hall–Kier alpha value is -0.900. The van der Waals surface area contributed by atoms with Gasteiger partial charge in [-0.05, 0) is 25.8 Å². The number of benzene rings is 1. The van der Waals surface area contributed by atoms with Crippen molar-refractivity contribution in [2.24, 2.45) is 0 Å². The fourth-order valence-electron chi connectivity index (χ4n) is 3.02. The van der Waals surface area contributed by atoms with Gasteiger partial charge in [0, 0.05) is 32.3 Å². The maximum atomic E-state index is 5.29. The molecule has 2 unspecified atom stereocenters.